The molecule has 8 heteroatoms. The highest BCUT2D eigenvalue weighted by molar-refractivity contribution is 7.15. The Morgan fingerprint density at radius 2 is 1.87 bits per heavy atom. The number of ether oxygens (including phenoxy) is 1. The van der Waals surface area contributed by atoms with Gasteiger partial charge in [-0.25, -0.2) is 0 Å². The van der Waals surface area contributed by atoms with E-state index >= 15 is 0 Å². The number of fused-ring (bicyclic) bond motifs is 1. The molecule has 2 heterocycles. The van der Waals surface area contributed by atoms with Crippen LogP contribution in [0.2, 0.25) is 10.0 Å². The second kappa shape index (κ2) is 9.81. The Morgan fingerprint density at radius 1 is 1.06 bits per heavy atom. The van der Waals surface area contributed by atoms with Gasteiger partial charge in [-0.15, -0.1) is 5.10 Å². The van der Waals surface area contributed by atoms with E-state index in [4.69, 9.17) is 27.9 Å². The molecule has 5 nitrogen and oxygen atoms in total. The molecule has 0 spiro atoms. The van der Waals surface area contributed by atoms with Crippen LogP contribution < -0.4 is 14.8 Å². The summed E-state index contributed by atoms with van der Waals surface area (Å²) in [6.45, 7) is 2.91. The van der Waals surface area contributed by atoms with E-state index in [1.165, 1.54) is 35.1 Å². The number of aromatic nitrogens is 3. The van der Waals surface area contributed by atoms with Crippen LogP contribution in [0.3, 0.4) is 0 Å². The molecule has 0 aliphatic carbocycles. The minimum atomic E-state index is -0.211. The third-order valence-corrected chi connectivity index (χ3v) is 6.50. The maximum absolute atomic E-state index is 12.7. The molecule has 0 N–H and O–H groups in total. The summed E-state index contributed by atoms with van der Waals surface area (Å²) < 4.78 is 7.65. The van der Waals surface area contributed by atoms with Crippen molar-refractivity contribution < 1.29 is 4.74 Å². The second-order valence-electron chi connectivity index (χ2n) is 7.15. The zero-order valence-corrected chi connectivity index (χ0v) is 19.3. The summed E-state index contributed by atoms with van der Waals surface area (Å²) in [6.07, 6.45) is 6.45. The van der Waals surface area contributed by atoms with Gasteiger partial charge in [-0.1, -0.05) is 66.8 Å². The number of nitrogens with zero attached hydrogens (tertiary/aromatic N) is 3. The van der Waals surface area contributed by atoms with Crippen LogP contribution >= 0.6 is 34.5 Å². The number of halogens is 2. The van der Waals surface area contributed by atoms with E-state index in [0.29, 0.717) is 25.4 Å². The molecule has 0 unspecified atom stereocenters. The van der Waals surface area contributed by atoms with Gasteiger partial charge in [-0.05, 0) is 54.5 Å². The highest BCUT2D eigenvalue weighted by Crippen LogP contribution is 2.23. The largest absolute Gasteiger partial charge is 0.494 e. The zero-order valence-electron chi connectivity index (χ0n) is 17.0. The van der Waals surface area contributed by atoms with Gasteiger partial charge in [0, 0.05) is 5.56 Å². The summed E-state index contributed by atoms with van der Waals surface area (Å²) in [5, 5.41) is 5.31. The van der Waals surface area contributed by atoms with Gasteiger partial charge in [0.05, 0.1) is 21.2 Å². The van der Waals surface area contributed by atoms with Crippen molar-refractivity contribution >= 4 is 45.6 Å². The molecule has 2 aromatic carbocycles. The SMILES string of the molecule is CCCCCCOc1ccc(-c2nc3sc(=Cc4ccc(Cl)c(Cl)c4)c(=O)n3n2)cc1. The van der Waals surface area contributed by atoms with Gasteiger partial charge in [0.2, 0.25) is 4.96 Å². The monoisotopic (exact) mass is 473 g/mol. The Kier molecular flexibility index (Phi) is 6.90. The summed E-state index contributed by atoms with van der Waals surface area (Å²) >= 11 is 13.3. The molecule has 0 bridgehead atoms. The number of hydrogen-bond donors (Lipinski definition) is 0. The van der Waals surface area contributed by atoms with Gasteiger partial charge >= 0.3 is 0 Å². The summed E-state index contributed by atoms with van der Waals surface area (Å²) in [7, 11) is 0. The first-order chi connectivity index (χ1) is 15.0. The molecular weight excluding hydrogens is 453 g/mol. The van der Waals surface area contributed by atoms with E-state index in [9.17, 15) is 4.79 Å². The van der Waals surface area contributed by atoms with Crippen molar-refractivity contribution in [2.24, 2.45) is 0 Å². The van der Waals surface area contributed by atoms with Gasteiger partial charge in [0.1, 0.15) is 5.75 Å². The van der Waals surface area contributed by atoms with Crippen molar-refractivity contribution in [2.75, 3.05) is 6.61 Å². The predicted octanol–water partition coefficient (Wildman–Crippen LogP) is 5.63. The third kappa shape index (κ3) is 5.09. The first-order valence-corrected chi connectivity index (χ1v) is 11.7. The van der Waals surface area contributed by atoms with Crippen LogP contribution in [0, 0.1) is 0 Å². The average molecular weight is 474 g/mol. The smallest absolute Gasteiger partial charge is 0.291 e. The Hall–Kier alpha value is -2.41. The van der Waals surface area contributed by atoms with Crippen LogP contribution in [0.5, 0.6) is 5.75 Å². The number of rotatable bonds is 8. The Labute approximate surface area is 193 Å². The lowest BCUT2D eigenvalue weighted by Gasteiger charge is -2.06. The molecule has 0 amide bonds. The minimum Gasteiger partial charge on any atom is -0.494 e. The van der Waals surface area contributed by atoms with Crippen molar-refractivity contribution in [3.63, 3.8) is 0 Å². The molecule has 0 aliphatic heterocycles. The molecule has 0 saturated heterocycles. The minimum absolute atomic E-state index is 0.211. The fourth-order valence-corrected chi connectivity index (χ4v) is 4.34. The average Bonchev–Trinajstić information content (AvgIpc) is 3.31. The lowest BCUT2D eigenvalue weighted by molar-refractivity contribution is 0.305. The van der Waals surface area contributed by atoms with Crippen LogP contribution in [0.25, 0.3) is 22.4 Å². The lowest BCUT2D eigenvalue weighted by atomic mass is 10.2. The summed E-state index contributed by atoms with van der Waals surface area (Å²) in [5.74, 6) is 1.34. The molecule has 4 rings (SSSR count). The number of hydrogen-bond acceptors (Lipinski definition) is 5. The van der Waals surface area contributed by atoms with Crippen LogP contribution in [0.15, 0.2) is 47.3 Å². The van der Waals surface area contributed by atoms with Crippen LogP contribution in [-0.2, 0) is 0 Å². The maximum atomic E-state index is 12.7. The van der Waals surface area contributed by atoms with Crippen molar-refractivity contribution in [3.8, 4) is 17.1 Å². The van der Waals surface area contributed by atoms with E-state index in [2.05, 4.69) is 17.0 Å². The fourth-order valence-electron chi connectivity index (χ4n) is 3.13. The van der Waals surface area contributed by atoms with Crippen molar-refractivity contribution in [1.82, 2.24) is 14.6 Å². The molecule has 160 valence electrons. The van der Waals surface area contributed by atoms with E-state index in [1.807, 2.05) is 30.3 Å². The van der Waals surface area contributed by atoms with E-state index in [-0.39, 0.29) is 5.56 Å². The van der Waals surface area contributed by atoms with Gasteiger partial charge in [0.15, 0.2) is 5.82 Å². The van der Waals surface area contributed by atoms with Crippen molar-refractivity contribution in [2.45, 2.75) is 32.6 Å². The summed E-state index contributed by atoms with van der Waals surface area (Å²) in [5.41, 5.74) is 1.42. The van der Waals surface area contributed by atoms with Crippen LogP contribution in [-0.4, -0.2) is 21.2 Å². The molecule has 0 atom stereocenters. The lowest BCUT2D eigenvalue weighted by Crippen LogP contribution is -2.23. The highest BCUT2D eigenvalue weighted by Gasteiger charge is 2.12. The van der Waals surface area contributed by atoms with Gasteiger partial charge < -0.3 is 4.74 Å². The van der Waals surface area contributed by atoms with Crippen LogP contribution in [0.4, 0.5) is 0 Å². The van der Waals surface area contributed by atoms with E-state index < -0.39 is 0 Å². The molecule has 0 aliphatic rings. The Bertz CT molecular complexity index is 1300. The third-order valence-electron chi connectivity index (χ3n) is 4.80. The fraction of sp³-hybridized carbons (Fsp3) is 0.261. The second-order valence-corrected chi connectivity index (χ2v) is 8.98. The zero-order chi connectivity index (χ0) is 21.8. The van der Waals surface area contributed by atoms with Crippen molar-refractivity contribution in [3.05, 3.63) is 73.0 Å². The van der Waals surface area contributed by atoms with E-state index in [1.54, 1.807) is 18.2 Å². The quantitative estimate of drug-likeness (QED) is 0.311. The molecule has 4 aromatic rings. The molecule has 0 saturated carbocycles. The first kappa shape index (κ1) is 21.8. The van der Waals surface area contributed by atoms with E-state index in [0.717, 1.165) is 29.9 Å². The number of thiazole rings is 1. The van der Waals surface area contributed by atoms with Gasteiger partial charge in [-0.2, -0.15) is 9.50 Å². The van der Waals surface area contributed by atoms with Gasteiger partial charge in [-0.3, -0.25) is 4.79 Å². The molecule has 2 aromatic heterocycles. The molecule has 0 radical (unpaired) electrons. The molecular formula is C23H21Cl2N3O2S. The summed E-state index contributed by atoms with van der Waals surface area (Å²) in [6, 6.07) is 12.9. The first-order valence-electron chi connectivity index (χ1n) is 10.1. The highest BCUT2D eigenvalue weighted by atomic mass is 35.5. The van der Waals surface area contributed by atoms with Crippen molar-refractivity contribution in [1.29, 1.82) is 0 Å². The predicted molar refractivity (Wildman–Crippen MR) is 127 cm³/mol. The molecule has 0 fully saturated rings. The number of unbranched alkanes of at least 4 members (excludes halogenated alkanes) is 3. The van der Waals surface area contributed by atoms with Gasteiger partial charge in [0.25, 0.3) is 5.56 Å². The normalized spacial score (nSPS) is 12.0. The topological polar surface area (TPSA) is 56.5 Å². The molecule has 31 heavy (non-hydrogen) atoms. The number of benzene rings is 2. The Balaban J connectivity index is 1.52. The van der Waals surface area contributed by atoms with Crippen LogP contribution in [0.1, 0.15) is 38.2 Å². The maximum Gasteiger partial charge on any atom is 0.291 e. The Morgan fingerprint density at radius 3 is 2.58 bits per heavy atom. The summed E-state index contributed by atoms with van der Waals surface area (Å²) in [4.78, 5) is 17.8. The standard InChI is InChI=1S/C23H21Cl2N3O2S/c1-2-3-4-5-12-30-17-9-7-16(8-10-17)21-26-23-28(27-21)22(29)20(31-23)14-15-6-11-18(24)19(25)13-15/h6-11,13-14H,2-5,12H2,1H3.